The molecule has 116 valence electrons. The van der Waals surface area contributed by atoms with Gasteiger partial charge < -0.3 is 10.0 Å². The standard InChI is InChI=1S/C17H14FN3O2/c1-3-4-13(17(22)23)16-9-20-15(10-21(16)2)11-5-6-12(8-19)14(18)7-11/h3-7,9-10H,1-2H3,(H,22,23)/b4-3-,16-13+. The molecule has 0 aromatic heterocycles. The Morgan fingerprint density at radius 3 is 2.74 bits per heavy atom. The van der Waals surface area contributed by atoms with Crippen LogP contribution in [0.1, 0.15) is 18.1 Å². The maximum atomic E-state index is 13.7. The number of nitrogens with zero attached hydrogens (tertiary/aromatic N) is 3. The minimum atomic E-state index is -1.06. The molecule has 1 N–H and O–H groups in total. The summed E-state index contributed by atoms with van der Waals surface area (Å²) in [5.74, 6) is -1.68. The molecule has 1 aliphatic rings. The lowest BCUT2D eigenvalue weighted by Gasteiger charge is -2.22. The van der Waals surface area contributed by atoms with Gasteiger partial charge in [0.05, 0.1) is 28.7 Å². The molecule has 0 unspecified atom stereocenters. The monoisotopic (exact) mass is 311 g/mol. The maximum absolute atomic E-state index is 13.7. The summed E-state index contributed by atoms with van der Waals surface area (Å²) in [4.78, 5) is 17.1. The third-order valence-electron chi connectivity index (χ3n) is 3.25. The lowest BCUT2D eigenvalue weighted by molar-refractivity contribution is -0.132. The van der Waals surface area contributed by atoms with Crippen molar-refractivity contribution in [3.63, 3.8) is 0 Å². The molecule has 2 rings (SSSR count). The Morgan fingerprint density at radius 1 is 1.48 bits per heavy atom. The van der Waals surface area contributed by atoms with Crippen molar-refractivity contribution in [3.8, 4) is 6.07 Å². The number of nitriles is 1. The van der Waals surface area contributed by atoms with Gasteiger partial charge in [-0.2, -0.15) is 5.26 Å². The molecule has 1 aromatic carbocycles. The first-order valence-corrected chi connectivity index (χ1v) is 6.77. The zero-order valence-electron chi connectivity index (χ0n) is 12.6. The summed E-state index contributed by atoms with van der Waals surface area (Å²) in [5, 5.41) is 18.0. The van der Waals surface area contributed by atoms with E-state index in [0.29, 0.717) is 17.0 Å². The number of benzene rings is 1. The molecular formula is C17H14FN3O2. The number of halogens is 1. The molecule has 0 spiro atoms. The minimum Gasteiger partial charge on any atom is -0.478 e. The third kappa shape index (κ3) is 3.35. The van der Waals surface area contributed by atoms with Crippen LogP contribution < -0.4 is 0 Å². The fraction of sp³-hybridized carbons (Fsp3) is 0.118. The second kappa shape index (κ2) is 6.71. The average molecular weight is 311 g/mol. The molecule has 0 amide bonds. The van der Waals surface area contributed by atoms with Gasteiger partial charge in [0, 0.05) is 18.8 Å². The van der Waals surface area contributed by atoms with Crippen LogP contribution in [0, 0.1) is 17.1 Å². The smallest absolute Gasteiger partial charge is 0.337 e. The maximum Gasteiger partial charge on any atom is 0.337 e. The number of aliphatic carboxylic acids is 1. The van der Waals surface area contributed by atoms with Crippen molar-refractivity contribution in [1.29, 1.82) is 5.26 Å². The summed E-state index contributed by atoms with van der Waals surface area (Å²) >= 11 is 0. The predicted molar refractivity (Wildman–Crippen MR) is 84.8 cm³/mol. The zero-order valence-corrected chi connectivity index (χ0v) is 12.6. The van der Waals surface area contributed by atoms with Crippen molar-refractivity contribution in [1.82, 2.24) is 4.90 Å². The normalized spacial score (nSPS) is 16.3. The first kappa shape index (κ1) is 16.2. The van der Waals surface area contributed by atoms with E-state index in [-0.39, 0.29) is 11.1 Å². The highest BCUT2D eigenvalue weighted by Crippen LogP contribution is 2.24. The molecule has 1 aliphatic heterocycles. The lowest BCUT2D eigenvalue weighted by atomic mass is 10.1. The van der Waals surface area contributed by atoms with E-state index in [1.165, 1.54) is 24.4 Å². The van der Waals surface area contributed by atoms with Crippen LogP contribution in [0.2, 0.25) is 0 Å². The van der Waals surface area contributed by atoms with E-state index in [1.807, 2.05) is 0 Å². The van der Waals surface area contributed by atoms with Crippen molar-refractivity contribution < 1.29 is 14.3 Å². The molecule has 0 radical (unpaired) electrons. The van der Waals surface area contributed by atoms with Crippen LogP contribution in [0.4, 0.5) is 4.39 Å². The number of carboxylic acid groups (broad SMARTS) is 1. The summed E-state index contributed by atoms with van der Waals surface area (Å²) in [7, 11) is 1.69. The SMILES string of the molecule is C/C=C\C(C(=O)O)=C1\C=NC(c2ccc(C#N)c(F)c2)=CN1C. The number of hydrogen-bond acceptors (Lipinski definition) is 4. The van der Waals surface area contributed by atoms with Crippen LogP contribution in [0.25, 0.3) is 5.70 Å². The molecule has 1 aromatic rings. The van der Waals surface area contributed by atoms with Crippen molar-refractivity contribution in [2.24, 2.45) is 4.99 Å². The van der Waals surface area contributed by atoms with Crippen molar-refractivity contribution in [2.45, 2.75) is 6.92 Å². The van der Waals surface area contributed by atoms with Crippen molar-refractivity contribution >= 4 is 17.9 Å². The van der Waals surface area contributed by atoms with E-state index in [0.717, 1.165) is 0 Å². The highest BCUT2D eigenvalue weighted by atomic mass is 19.1. The van der Waals surface area contributed by atoms with E-state index in [4.69, 9.17) is 5.26 Å². The molecule has 6 heteroatoms. The van der Waals surface area contributed by atoms with Crippen LogP contribution in [-0.2, 0) is 4.79 Å². The van der Waals surface area contributed by atoms with Gasteiger partial charge >= 0.3 is 5.97 Å². The summed E-state index contributed by atoms with van der Waals surface area (Å²) < 4.78 is 13.7. The van der Waals surface area contributed by atoms with Gasteiger partial charge in [-0.25, -0.2) is 9.18 Å². The van der Waals surface area contributed by atoms with Crippen LogP contribution >= 0.6 is 0 Å². The number of hydrogen-bond donors (Lipinski definition) is 1. The molecule has 5 nitrogen and oxygen atoms in total. The number of carboxylic acids is 1. The first-order valence-electron chi connectivity index (χ1n) is 6.77. The number of rotatable bonds is 3. The molecule has 1 heterocycles. The predicted octanol–water partition coefficient (Wildman–Crippen LogP) is 2.93. The third-order valence-corrected chi connectivity index (χ3v) is 3.25. The van der Waals surface area contributed by atoms with Crippen LogP contribution in [0.15, 0.2) is 52.8 Å². The Labute approximate surface area is 133 Å². The van der Waals surface area contributed by atoms with Gasteiger partial charge in [-0.3, -0.25) is 4.99 Å². The highest BCUT2D eigenvalue weighted by molar-refractivity contribution is 5.99. The highest BCUT2D eigenvalue weighted by Gasteiger charge is 2.17. The Balaban J connectivity index is 2.42. The van der Waals surface area contributed by atoms with Gasteiger partial charge in [0.1, 0.15) is 11.9 Å². The van der Waals surface area contributed by atoms with E-state index in [9.17, 15) is 14.3 Å². The molecule has 0 saturated heterocycles. The first-order chi connectivity index (χ1) is 11.0. The molecule has 0 bridgehead atoms. The van der Waals surface area contributed by atoms with Gasteiger partial charge in [-0.05, 0) is 25.1 Å². The van der Waals surface area contributed by atoms with E-state index >= 15 is 0 Å². The van der Waals surface area contributed by atoms with Gasteiger partial charge in [-0.1, -0.05) is 12.1 Å². The second-order valence-corrected chi connectivity index (χ2v) is 4.79. The molecule has 0 aliphatic carbocycles. The summed E-state index contributed by atoms with van der Waals surface area (Å²) in [6.07, 6.45) is 6.16. The Kier molecular flexibility index (Phi) is 4.72. The van der Waals surface area contributed by atoms with E-state index < -0.39 is 11.8 Å². The second-order valence-electron chi connectivity index (χ2n) is 4.79. The lowest BCUT2D eigenvalue weighted by Crippen LogP contribution is -2.20. The van der Waals surface area contributed by atoms with Crippen molar-refractivity contribution in [3.05, 3.63) is 64.8 Å². The van der Waals surface area contributed by atoms with E-state index in [2.05, 4.69) is 4.99 Å². The molecule has 0 atom stereocenters. The van der Waals surface area contributed by atoms with Gasteiger partial charge in [0.25, 0.3) is 0 Å². The zero-order chi connectivity index (χ0) is 17.0. The average Bonchev–Trinajstić information content (AvgIpc) is 2.52. The fourth-order valence-corrected chi connectivity index (χ4v) is 2.11. The van der Waals surface area contributed by atoms with Crippen LogP contribution in [0.3, 0.4) is 0 Å². The van der Waals surface area contributed by atoms with E-state index in [1.54, 1.807) is 43.3 Å². The topological polar surface area (TPSA) is 76.7 Å². The van der Waals surface area contributed by atoms with Gasteiger partial charge in [0.15, 0.2) is 0 Å². The summed E-state index contributed by atoms with van der Waals surface area (Å²) in [6, 6.07) is 5.97. The minimum absolute atomic E-state index is 0.0377. The quantitative estimate of drug-likeness (QED) is 0.871. The molecule has 0 saturated carbocycles. The Morgan fingerprint density at radius 2 is 2.22 bits per heavy atom. The van der Waals surface area contributed by atoms with Crippen LogP contribution in [0.5, 0.6) is 0 Å². The number of aliphatic imine (C=N–C) groups is 1. The van der Waals surface area contributed by atoms with Crippen LogP contribution in [-0.4, -0.2) is 29.2 Å². The molecular weight excluding hydrogens is 297 g/mol. The number of carbonyl (C=O) groups is 1. The molecule has 23 heavy (non-hydrogen) atoms. The number of allylic oxidation sites excluding steroid dienone is 2. The fourth-order valence-electron chi connectivity index (χ4n) is 2.11. The van der Waals surface area contributed by atoms with Gasteiger partial charge in [-0.15, -0.1) is 0 Å². The summed E-state index contributed by atoms with van der Waals surface area (Å²) in [5.41, 5.74) is 1.48. The van der Waals surface area contributed by atoms with Crippen molar-refractivity contribution in [2.75, 3.05) is 7.05 Å². The summed E-state index contributed by atoms with van der Waals surface area (Å²) in [6.45, 7) is 1.73. The Hall–Kier alpha value is -3.20. The largest absolute Gasteiger partial charge is 0.478 e. The van der Waals surface area contributed by atoms with Gasteiger partial charge in [0.2, 0.25) is 0 Å². The Bertz CT molecular complexity index is 814. The molecule has 0 fully saturated rings.